The molecule has 1 heterocycles. The summed E-state index contributed by atoms with van der Waals surface area (Å²) in [7, 11) is 1.76. The van der Waals surface area contributed by atoms with Crippen LogP contribution >= 0.6 is 0 Å². The van der Waals surface area contributed by atoms with Gasteiger partial charge in [0.25, 0.3) is 11.8 Å². The van der Waals surface area contributed by atoms with Gasteiger partial charge in [-0.15, -0.1) is 0 Å². The number of benzene rings is 1. The van der Waals surface area contributed by atoms with Crippen LogP contribution in [-0.4, -0.2) is 16.4 Å². The molecule has 0 saturated carbocycles. The SMILES string of the molecule is Cc1ccc(C(=O)NNC(=O)c2cccn2C)cc1C. The number of rotatable bonds is 2. The summed E-state index contributed by atoms with van der Waals surface area (Å²) >= 11 is 0. The molecule has 0 aliphatic rings. The van der Waals surface area contributed by atoms with Crippen molar-refractivity contribution in [3.63, 3.8) is 0 Å². The molecule has 2 aromatic rings. The minimum atomic E-state index is -0.352. The highest BCUT2D eigenvalue weighted by atomic mass is 16.2. The summed E-state index contributed by atoms with van der Waals surface area (Å²) in [5.74, 6) is -0.689. The second kappa shape index (κ2) is 5.61. The Morgan fingerprint density at radius 2 is 1.70 bits per heavy atom. The van der Waals surface area contributed by atoms with Crippen LogP contribution in [0.3, 0.4) is 0 Å². The highest BCUT2D eigenvalue weighted by molar-refractivity contribution is 5.98. The average Bonchev–Trinajstić information content (AvgIpc) is 2.85. The van der Waals surface area contributed by atoms with Gasteiger partial charge in [-0.05, 0) is 49.2 Å². The van der Waals surface area contributed by atoms with E-state index in [0.717, 1.165) is 11.1 Å². The second-order valence-electron chi connectivity index (χ2n) is 4.71. The van der Waals surface area contributed by atoms with Crippen molar-refractivity contribution in [2.45, 2.75) is 13.8 Å². The molecule has 0 aliphatic heterocycles. The Kier molecular flexibility index (Phi) is 3.89. The fraction of sp³-hybridized carbons (Fsp3) is 0.200. The lowest BCUT2D eigenvalue weighted by molar-refractivity contribution is 0.0842. The minimum absolute atomic E-state index is 0.337. The Morgan fingerprint density at radius 3 is 2.30 bits per heavy atom. The quantitative estimate of drug-likeness (QED) is 0.817. The monoisotopic (exact) mass is 271 g/mol. The van der Waals surface area contributed by atoms with Gasteiger partial charge in [0.2, 0.25) is 0 Å². The molecule has 5 heteroatoms. The summed E-state index contributed by atoms with van der Waals surface area (Å²) in [4.78, 5) is 23.8. The third kappa shape index (κ3) is 2.88. The third-order valence-electron chi connectivity index (χ3n) is 3.24. The molecule has 2 rings (SSSR count). The van der Waals surface area contributed by atoms with E-state index in [1.807, 2.05) is 19.9 Å². The number of nitrogens with one attached hydrogen (secondary N) is 2. The molecule has 0 atom stereocenters. The zero-order valence-corrected chi connectivity index (χ0v) is 11.7. The van der Waals surface area contributed by atoms with Crippen molar-refractivity contribution in [2.75, 3.05) is 0 Å². The van der Waals surface area contributed by atoms with E-state index >= 15 is 0 Å². The molecular formula is C15H17N3O2. The molecule has 2 N–H and O–H groups in total. The Bertz CT molecular complexity index is 659. The number of carbonyl (C=O) groups excluding carboxylic acids is 2. The predicted octanol–water partition coefficient (Wildman–Crippen LogP) is 1.72. The molecule has 0 aliphatic carbocycles. The Balaban J connectivity index is 2.00. The molecule has 5 nitrogen and oxygen atoms in total. The number of hydrazine groups is 1. The van der Waals surface area contributed by atoms with Gasteiger partial charge in [-0.2, -0.15) is 0 Å². The fourth-order valence-electron chi connectivity index (χ4n) is 1.83. The number of aromatic nitrogens is 1. The lowest BCUT2D eigenvalue weighted by atomic mass is 10.1. The van der Waals surface area contributed by atoms with Crippen LogP contribution in [0.4, 0.5) is 0 Å². The molecule has 2 amide bonds. The number of amides is 2. The van der Waals surface area contributed by atoms with Crippen molar-refractivity contribution < 1.29 is 9.59 Å². The summed E-state index contributed by atoms with van der Waals surface area (Å²) in [5.41, 5.74) is 7.95. The molecule has 1 aromatic carbocycles. The van der Waals surface area contributed by atoms with Gasteiger partial charge >= 0.3 is 0 Å². The van der Waals surface area contributed by atoms with E-state index in [4.69, 9.17) is 0 Å². The fourth-order valence-corrected chi connectivity index (χ4v) is 1.83. The molecule has 0 bridgehead atoms. The molecule has 104 valence electrons. The summed E-state index contributed by atoms with van der Waals surface area (Å²) in [6.07, 6.45) is 1.76. The topological polar surface area (TPSA) is 63.1 Å². The summed E-state index contributed by atoms with van der Waals surface area (Å²) < 4.78 is 1.68. The van der Waals surface area contributed by atoms with E-state index in [1.165, 1.54) is 0 Å². The highest BCUT2D eigenvalue weighted by Crippen LogP contribution is 2.09. The number of nitrogens with zero attached hydrogens (tertiary/aromatic N) is 1. The first kappa shape index (κ1) is 13.9. The van der Waals surface area contributed by atoms with Gasteiger partial charge in [0.1, 0.15) is 5.69 Å². The minimum Gasteiger partial charge on any atom is -0.347 e. The second-order valence-corrected chi connectivity index (χ2v) is 4.71. The first-order valence-electron chi connectivity index (χ1n) is 6.28. The average molecular weight is 271 g/mol. The van der Waals surface area contributed by atoms with Crippen LogP contribution in [0.1, 0.15) is 32.0 Å². The van der Waals surface area contributed by atoms with Crippen LogP contribution in [0.15, 0.2) is 36.5 Å². The third-order valence-corrected chi connectivity index (χ3v) is 3.24. The lowest BCUT2D eigenvalue weighted by Gasteiger charge is -2.09. The predicted molar refractivity (Wildman–Crippen MR) is 76.3 cm³/mol. The van der Waals surface area contributed by atoms with Crippen LogP contribution in [0.25, 0.3) is 0 Å². The van der Waals surface area contributed by atoms with Crippen molar-refractivity contribution in [3.8, 4) is 0 Å². The first-order valence-corrected chi connectivity index (χ1v) is 6.28. The van der Waals surface area contributed by atoms with E-state index in [9.17, 15) is 9.59 Å². The zero-order valence-electron chi connectivity index (χ0n) is 11.7. The Labute approximate surface area is 117 Å². The molecule has 0 fully saturated rings. The molecule has 0 unspecified atom stereocenters. The maximum Gasteiger partial charge on any atom is 0.286 e. The van der Waals surface area contributed by atoms with E-state index in [-0.39, 0.29) is 11.8 Å². The van der Waals surface area contributed by atoms with E-state index in [2.05, 4.69) is 10.9 Å². The van der Waals surface area contributed by atoms with Crippen LogP contribution in [0.2, 0.25) is 0 Å². The van der Waals surface area contributed by atoms with Crippen LogP contribution in [0, 0.1) is 13.8 Å². The highest BCUT2D eigenvalue weighted by Gasteiger charge is 2.11. The number of hydrogen-bond acceptors (Lipinski definition) is 2. The van der Waals surface area contributed by atoms with Gasteiger partial charge < -0.3 is 4.57 Å². The molecule has 20 heavy (non-hydrogen) atoms. The summed E-state index contributed by atoms with van der Waals surface area (Å²) in [5, 5.41) is 0. The van der Waals surface area contributed by atoms with Gasteiger partial charge in [-0.25, -0.2) is 0 Å². The summed E-state index contributed by atoms with van der Waals surface area (Å²) in [6, 6.07) is 8.84. The van der Waals surface area contributed by atoms with E-state index in [0.29, 0.717) is 11.3 Å². The number of aryl methyl sites for hydroxylation is 3. The van der Waals surface area contributed by atoms with Crippen molar-refractivity contribution in [2.24, 2.45) is 7.05 Å². The van der Waals surface area contributed by atoms with Crippen LogP contribution in [0.5, 0.6) is 0 Å². The number of carbonyl (C=O) groups is 2. The molecule has 0 saturated heterocycles. The van der Waals surface area contributed by atoms with Crippen molar-refractivity contribution in [1.82, 2.24) is 15.4 Å². The lowest BCUT2D eigenvalue weighted by Crippen LogP contribution is -2.42. The van der Waals surface area contributed by atoms with Gasteiger partial charge in [-0.1, -0.05) is 6.07 Å². The largest absolute Gasteiger partial charge is 0.347 e. The molecule has 0 radical (unpaired) electrons. The van der Waals surface area contributed by atoms with Gasteiger partial charge in [-0.3, -0.25) is 20.4 Å². The smallest absolute Gasteiger partial charge is 0.286 e. The van der Waals surface area contributed by atoms with Crippen molar-refractivity contribution in [3.05, 3.63) is 58.9 Å². The van der Waals surface area contributed by atoms with E-state index in [1.54, 1.807) is 42.1 Å². The molecule has 0 spiro atoms. The maximum atomic E-state index is 11.9. The summed E-state index contributed by atoms with van der Waals surface area (Å²) in [6.45, 7) is 3.92. The maximum absolute atomic E-state index is 11.9. The molecular weight excluding hydrogens is 254 g/mol. The molecule has 1 aromatic heterocycles. The number of hydrogen-bond donors (Lipinski definition) is 2. The van der Waals surface area contributed by atoms with Crippen LogP contribution < -0.4 is 10.9 Å². The van der Waals surface area contributed by atoms with Crippen LogP contribution in [-0.2, 0) is 7.05 Å². The van der Waals surface area contributed by atoms with Gasteiger partial charge in [0.05, 0.1) is 0 Å². The van der Waals surface area contributed by atoms with Crippen molar-refractivity contribution in [1.29, 1.82) is 0 Å². The standard InChI is InChI=1S/C15H17N3O2/c1-10-6-7-12(9-11(10)2)14(19)16-17-15(20)13-5-4-8-18(13)3/h4-9H,1-3H3,(H,16,19)(H,17,20). The first-order chi connectivity index (χ1) is 9.49. The Morgan fingerprint density at radius 1 is 1.00 bits per heavy atom. The van der Waals surface area contributed by atoms with Gasteiger partial charge in [0.15, 0.2) is 0 Å². The van der Waals surface area contributed by atoms with E-state index < -0.39 is 0 Å². The zero-order chi connectivity index (χ0) is 14.7. The van der Waals surface area contributed by atoms with Crippen molar-refractivity contribution >= 4 is 11.8 Å². The normalized spacial score (nSPS) is 10.2. The van der Waals surface area contributed by atoms with Gasteiger partial charge in [0, 0.05) is 18.8 Å². The Hall–Kier alpha value is -2.56.